The number of rotatable bonds is 6. The summed E-state index contributed by atoms with van der Waals surface area (Å²) in [5, 5.41) is 2.87. The standard InChI is InChI=1S/C20H18BrN3O4/c1-12-8-13(21)10-14(9-12)22-19(25)15-6-4-5-7-16(15)28-20-23-17(26-2)11-18(24-20)27-3/h4-11H,1-3H3,(H,22,25). The van der Waals surface area contributed by atoms with E-state index in [1.807, 2.05) is 25.1 Å². The average Bonchev–Trinajstić information content (AvgIpc) is 2.67. The van der Waals surface area contributed by atoms with E-state index in [2.05, 4.69) is 31.2 Å². The molecule has 28 heavy (non-hydrogen) atoms. The number of ether oxygens (including phenoxy) is 3. The molecule has 0 unspecified atom stereocenters. The minimum atomic E-state index is -0.317. The summed E-state index contributed by atoms with van der Waals surface area (Å²) >= 11 is 3.43. The van der Waals surface area contributed by atoms with Crippen LogP contribution in [0.15, 0.2) is 53.0 Å². The van der Waals surface area contributed by atoms with Crippen LogP contribution in [-0.2, 0) is 0 Å². The number of methoxy groups -OCH3 is 2. The first-order chi connectivity index (χ1) is 13.5. The number of hydrogen-bond acceptors (Lipinski definition) is 6. The number of aryl methyl sites for hydroxylation is 1. The second-order valence-electron chi connectivity index (χ2n) is 5.80. The first kappa shape index (κ1) is 19.6. The lowest BCUT2D eigenvalue weighted by Crippen LogP contribution is -2.13. The number of benzene rings is 2. The van der Waals surface area contributed by atoms with Crippen LogP contribution < -0.4 is 19.5 Å². The summed E-state index contributed by atoms with van der Waals surface area (Å²) in [6, 6.07) is 14.0. The van der Waals surface area contributed by atoms with Crippen molar-refractivity contribution >= 4 is 27.5 Å². The number of nitrogens with zero attached hydrogens (tertiary/aromatic N) is 2. The molecule has 0 radical (unpaired) electrons. The molecule has 7 nitrogen and oxygen atoms in total. The molecule has 0 spiro atoms. The van der Waals surface area contributed by atoms with E-state index in [0.717, 1.165) is 10.0 Å². The molecule has 1 amide bonds. The van der Waals surface area contributed by atoms with Gasteiger partial charge in [-0.05, 0) is 42.8 Å². The summed E-state index contributed by atoms with van der Waals surface area (Å²) in [6.45, 7) is 1.95. The van der Waals surface area contributed by atoms with Crippen LogP contribution in [0, 0.1) is 6.92 Å². The van der Waals surface area contributed by atoms with Gasteiger partial charge in [-0.15, -0.1) is 0 Å². The number of hydrogen-bond donors (Lipinski definition) is 1. The van der Waals surface area contributed by atoms with Gasteiger partial charge in [0.15, 0.2) is 0 Å². The Balaban J connectivity index is 1.88. The summed E-state index contributed by atoms with van der Waals surface area (Å²) in [5.41, 5.74) is 2.03. The highest BCUT2D eigenvalue weighted by atomic mass is 79.9. The Morgan fingerprint density at radius 1 is 1.00 bits per heavy atom. The summed E-state index contributed by atoms with van der Waals surface area (Å²) in [6.07, 6.45) is 0. The van der Waals surface area contributed by atoms with Crippen LogP contribution in [-0.4, -0.2) is 30.1 Å². The van der Waals surface area contributed by atoms with Gasteiger partial charge in [0.2, 0.25) is 11.8 Å². The molecule has 1 heterocycles. The molecule has 0 saturated carbocycles. The van der Waals surface area contributed by atoms with Crippen LogP contribution >= 0.6 is 15.9 Å². The first-order valence-corrected chi connectivity index (χ1v) is 9.10. The maximum atomic E-state index is 12.8. The van der Waals surface area contributed by atoms with Gasteiger partial charge < -0.3 is 19.5 Å². The van der Waals surface area contributed by atoms with Crippen molar-refractivity contribution in [3.63, 3.8) is 0 Å². The van der Waals surface area contributed by atoms with Crippen LogP contribution in [0.3, 0.4) is 0 Å². The number of halogens is 1. The van der Waals surface area contributed by atoms with Crippen molar-refractivity contribution in [2.24, 2.45) is 0 Å². The van der Waals surface area contributed by atoms with Crippen LogP contribution in [0.2, 0.25) is 0 Å². The van der Waals surface area contributed by atoms with E-state index in [4.69, 9.17) is 14.2 Å². The second kappa shape index (κ2) is 8.71. The third-order valence-electron chi connectivity index (χ3n) is 3.71. The molecule has 0 aliphatic heterocycles. The third kappa shape index (κ3) is 4.77. The van der Waals surface area contributed by atoms with E-state index < -0.39 is 0 Å². The van der Waals surface area contributed by atoms with Crippen LogP contribution in [0.25, 0.3) is 0 Å². The quantitative estimate of drug-likeness (QED) is 0.598. The fraction of sp³-hybridized carbons (Fsp3) is 0.150. The smallest absolute Gasteiger partial charge is 0.328 e. The maximum Gasteiger partial charge on any atom is 0.328 e. The molecule has 0 fully saturated rings. The number of amides is 1. The molecular weight excluding hydrogens is 426 g/mol. The van der Waals surface area contributed by atoms with Gasteiger partial charge in [0.25, 0.3) is 5.91 Å². The van der Waals surface area contributed by atoms with Crippen LogP contribution in [0.5, 0.6) is 23.5 Å². The lowest BCUT2D eigenvalue weighted by Gasteiger charge is -2.12. The van der Waals surface area contributed by atoms with Gasteiger partial charge in [-0.2, -0.15) is 9.97 Å². The number of carbonyl (C=O) groups excluding carboxylic acids is 1. The molecule has 3 rings (SSSR count). The van der Waals surface area contributed by atoms with Gasteiger partial charge in [0.1, 0.15) is 5.75 Å². The van der Waals surface area contributed by atoms with Crippen LogP contribution in [0.4, 0.5) is 5.69 Å². The molecule has 2 aromatic carbocycles. The lowest BCUT2D eigenvalue weighted by atomic mass is 10.1. The minimum Gasteiger partial charge on any atom is -0.481 e. The molecule has 0 atom stereocenters. The zero-order chi connectivity index (χ0) is 20.1. The first-order valence-electron chi connectivity index (χ1n) is 8.31. The molecule has 0 bridgehead atoms. The normalized spacial score (nSPS) is 10.3. The van der Waals surface area contributed by atoms with Gasteiger partial charge in [0, 0.05) is 10.2 Å². The van der Waals surface area contributed by atoms with Crippen LogP contribution in [0.1, 0.15) is 15.9 Å². The topological polar surface area (TPSA) is 82.6 Å². The minimum absolute atomic E-state index is 0.00903. The predicted molar refractivity (Wildman–Crippen MR) is 108 cm³/mol. The van der Waals surface area contributed by atoms with E-state index in [9.17, 15) is 4.79 Å². The highest BCUT2D eigenvalue weighted by molar-refractivity contribution is 9.10. The van der Waals surface area contributed by atoms with Crippen molar-refractivity contribution < 1.29 is 19.0 Å². The molecule has 144 valence electrons. The Kier molecular flexibility index (Phi) is 6.10. The van der Waals surface area contributed by atoms with E-state index in [-0.39, 0.29) is 23.7 Å². The number of nitrogens with one attached hydrogen (secondary N) is 1. The zero-order valence-corrected chi connectivity index (χ0v) is 17.1. The van der Waals surface area contributed by atoms with Crippen molar-refractivity contribution in [3.8, 4) is 23.5 Å². The fourth-order valence-corrected chi connectivity index (χ4v) is 3.09. The Bertz CT molecular complexity index is 968. The monoisotopic (exact) mass is 443 g/mol. The molecular formula is C20H18BrN3O4. The number of anilines is 1. The average molecular weight is 444 g/mol. The zero-order valence-electron chi connectivity index (χ0n) is 15.5. The number of para-hydroxylation sites is 1. The summed E-state index contributed by atoms with van der Waals surface area (Å²) in [7, 11) is 2.96. The Morgan fingerprint density at radius 2 is 1.68 bits per heavy atom. The van der Waals surface area contributed by atoms with E-state index >= 15 is 0 Å². The molecule has 0 aliphatic carbocycles. The van der Waals surface area contributed by atoms with E-state index in [1.165, 1.54) is 20.3 Å². The molecule has 3 aromatic rings. The largest absolute Gasteiger partial charge is 0.481 e. The number of aromatic nitrogens is 2. The highest BCUT2D eigenvalue weighted by Gasteiger charge is 2.16. The van der Waals surface area contributed by atoms with Gasteiger partial charge in [-0.3, -0.25) is 4.79 Å². The third-order valence-corrected chi connectivity index (χ3v) is 4.17. The Hall–Kier alpha value is -3.13. The van der Waals surface area contributed by atoms with Gasteiger partial charge in [-0.1, -0.05) is 28.1 Å². The van der Waals surface area contributed by atoms with Gasteiger partial charge in [-0.25, -0.2) is 0 Å². The van der Waals surface area contributed by atoms with Gasteiger partial charge >= 0.3 is 6.01 Å². The van der Waals surface area contributed by atoms with E-state index in [0.29, 0.717) is 17.0 Å². The fourth-order valence-electron chi connectivity index (χ4n) is 2.49. The van der Waals surface area contributed by atoms with Crippen molar-refractivity contribution in [2.45, 2.75) is 6.92 Å². The second-order valence-corrected chi connectivity index (χ2v) is 6.72. The molecule has 1 aromatic heterocycles. The van der Waals surface area contributed by atoms with Gasteiger partial charge in [0.05, 0.1) is 25.8 Å². The Morgan fingerprint density at radius 3 is 2.32 bits per heavy atom. The lowest BCUT2D eigenvalue weighted by molar-refractivity contribution is 0.102. The number of carbonyl (C=O) groups is 1. The summed E-state index contributed by atoms with van der Waals surface area (Å²) in [4.78, 5) is 21.1. The van der Waals surface area contributed by atoms with Crippen molar-refractivity contribution in [2.75, 3.05) is 19.5 Å². The highest BCUT2D eigenvalue weighted by Crippen LogP contribution is 2.27. The molecule has 0 saturated heterocycles. The van der Waals surface area contributed by atoms with Crippen molar-refractivity contribution in [3.05, 3.63) is 64.1 Å². The van der Waals surface area contributed by atoms with Crippen molar-refractivity contribution in [1.29, 1.82) is 0 Å². The molecule has 8 heteroatoms. The molecule has 1 N–H and O–H groups in total. The van der Waals surface area contributed by atoms with E-state index in [1.54, 1.807) is 24.3 Å². The maximum absolute atomic E-state index is 12.8. The van der Waals surface area contributed by atoms with Crippen molar-refractivity contribution in [1.82, 2.24) is 9.97 Å². The molecule has 0 aliphatic rings. The Labute approximate surface area is 170 Å². The summed E-state index contributed by atoms with van der Waals surface area (Å²) in [5.74, 6) is 0.562. The SMILES string of the molecule is COc1cc(OC)nc(Oc2ccccc2C(=O)Nc2cc(C)cc(Br)c2)n1. The summed E-state index contributed by atoms with van der Waals surface area (Å²) < 4.78 is 16.9. The predicted octanol–water partition coefficient (Wildman–Crippen LogP) is 4.61.